The van der Waals surface area contributed by atoms with Gasteiger partial charge in [0.05, 0.1) is 5.41 Å². The number of carbonyl (C=O) groups excluding carboxylic acids is 2. The number of amides is 2. The Morgan fingerprint density at radius 2 is 1.65 bits per heavy atom. The van der Waals surface area contributed by atoms with Crippen LogP contribution in [0, 0.1) is 11.3 Å². The molecule has 180 valence electrons. The second-order valence-corrected chi connectivity index (χ2v) is 9.76. The molecular weight excluding hydrogens is 432 g/mol. The third-order valence-electron chi connectivity index (χ3n) is 7.37. The molecular formula is C27H32N2O5. The Balaban J connectivity index is 1.31. The van der Waals surface area contributed by atoms with Crippen molar-refractivity contribution in [3.63, 3.8) is 0 Å². The number of carboxylic acids is 1. The predicted molar refractivity (Wildman–Crippen MR) is 128 cm³/mol. The van der Waals surface area contributed by atoms with E-state index in [0.717, 1.165) is 22.3 Å². The fraction of sp³-hybridized carbons (Fsp3) is 0.444. The lowest BCUT2D eigenvalue weighted by molar-refractivity contribution is -0.151. The van der Waals surface area contributed by atoms with E-state index in [4.69, 9.17) is 4.74 Å². The van der Waals surface area contributed by atoms with E-state index in [1.165, 1.54) is 0 Å². The SMILES string of the molecule is CC(C)C1(C(=O)O)CCN(C(=O)C[C@@H](C)NC(=O)OCC2c3ccccc3-c3ccccc32)C1. The molecule has 2 atom stereocenters. The maximum Gasteiger partial charge on any atom is 0.407 e. The number of fused-ring (bicyclic) bond motifs is 3. The zero-order valence-corrected chi connectivity index (χ0v) is 19.9. The summed E-state index contributed by atoms with van der Waals surface area (Å²) < 4.78 is 5.56. The molecule has 2 aliphatic rings. The first-order valence-corrected chi connectivity index (χ1v) is 11.9. The minimum Gasteiger partial charge on any atom is -0.481 e. The molecule has 1 aliphatic heterocycles. The van der Waals surface area contributed by atoms with Crippen molar-refractivity contribution >= 4 is 18.0 Å². The maximum atomic E-state index is 12.8. The third-order valence-corrected chi connectivity index (χ3v) is 7.37. The van der Waals surface area contributed by atoms with Crippen molar-refractivity contribution in [1.82, 2.24) is 10.2 Å². The van der Waals surface area contributed by atoms with Crippen LogP contribution in [0.1, 0.15) is 50.7 Å². The lowest BCUT2D eigenvalue weighted by Gasteiger charge is -2.29. The number of nitrogens with zero attached hydrogens (tertiary/aromatic N) is 1. The number of nitrogens with one attached hydrogen (secondary N) is 1. The first-order valence-electron chi connectivity index (χ1n) is 11.9. The Morgan fingerprint density at radius 3 is 2.18 bits per heavy atom. The highest BCUT2D eigenvalue weighted by Crippen LogP contribution is 2.44. The number of rotatable bonds is 7. The van der Waals surface area contributed by atoms with Crippen molar-refractivity contribution in [3.8, 4) is 11.1 Å². The molecule has 2 amide bonds. The molecule has 4 rings (SSSR count). The van der Waals surface area contributed by atoms with Crippen molar-refractivity contribution in [2.45, 2.75) is 45.6 Å². The first-order chi connectivity index (χ1) is 16.2. The van der Waals surface area contributed by atoms with Crippen LogP contribution in [0.25, 0.3) is 11.1 Å². The Hall–Kier alpha value is -3.35. The summed E-state index contributed by atoms with van der Waals surface area (Å²) in [5.41, 5.74) is 3.70. The van der Waals surface area contributed by atoms with Gasteiger partial charge in [0.15, 0.2) is 0 Å². The standard InChI is InChI=1S/C27H32N2O5/c1-17(2)27(25(31)32)12-13-29(16-27)24(30)14-18(3)28-26(33)34-15-23-21-10-6-4-8-19(21)20-9-5-7-11-22(20)23/h4-11,17-18,23H,12-16H2,1-3H3,(H,28,33)(H,31,32)/t18-,27?/m1/s1. The monoisotopic (exact) mass is 464 g/mol. The number of hydrogen-bond acceptors (Lipinski definition) is 4. The Morgan fingerprint density at radius 1 is 1.06 bits per heavy atom. The van der Waals surface area contributed by atoms with Crippen LogP contribution in [0.5, 0.6) is 0 Å². The predicted octanol–water partition coefficient (Wildman–Crippen LogP) is 4.26. The normalized spacial score (nSPS) is 20.1. The van der Waals surface area contributed by atoms with Gasteiger partial charge in [0, 0.05) is 31.5 Å². The molecule has 34 heavy (non-hydrogen) atoms. The maximum absolute atomic E-state index is 12.8. The van der Waals surface area contributed by atoms with Crippen LogP contribution in [0.15, 0.2) is 48.5 Å². The van der Waals surface area contributed by atoms with Crippen LogP contribution < -0.4 is 5.32 Å². The number of carbonyl (C=O) groups is 3. The molecule has 7 heteroatoms. The quantitative estimate of drug-likeness (QED) is 0.638. The van der Waals surface area contributed by atoms with Crippen LogP contribution in [0.2, 0.25) is 0 Å². The summed E-state index contributed by atoms with van der Waals surface area (Å²) >= 11 is 0. The molecule has 1 heterocycles. The third kappa shape index (κ3) is 4.39. The topological polar surface area (TPSA) is 95.9 Å². The number of ether oxygens (including phenoxy) is 1. The van der Waals surface area contributed by atoms with Gasteiger partial charge in [0.2, 0.25) is 5.91 Å². The lowest BCUT2D eigenvalue weighted by Crippen LogP contribution is -2.42. The molecule has 0 bridgehead atoms. The first kappa shape index (κ1) is 23.8. The average molecular weight is 465 g/mol. The van der Waals surface area contributed by atoms with Crippen LogP contribution in [-0.4, -0.2) is 53.7 Å². The molecule has 0 radical (unpaired) electrons. The highest BCUT2D eigenvalue weighted by Gasteiger charge is 2.48. The van der Waals surface area contributed by atoms with Crippen LogP contribution in [0.4, 0.5) is 4.79 Å². The number of aliphatic carboxylic acids is 1. The van der Waals surface area contributed by atoms with Gasteiger partial charge >= 0.3 is 12.1 Å². The van der Waals surface area contributed by atoms with Crippen molar-refractivity contribution in [2.24, 2.45) is 11.3 Å². The summed E-state index contributed by atoms with van der Waals surface area (Å²) in [6, 6.07) is 15.8. The summed E-state index contributed by atoms with van der Waals surface area (Å²) in [7, 11) is 0. The highest BCUT2D eigenvalue weighted by atomic mass is 16.5. The Bertz CT molecular complexity index is 1050. The van der Waals surface area contributed by atoms with Gasteiger partial charge < -0.3 is 20.1 Å². The highest BCUT2D eigenvalue weighted by molar-refractivity contribution is 5.82. The van der Waals surface area contributed by atoms with Gasteiger partial charge in [0.25, 0.3) is 0 Å². The molecule has 0 saturated carbocycles. The van der Waals surface area contributed by atoms with Gasteiger partial charge in [0.1, 0.15) is 6.61 Å². The van der Waals surface area contributed by atoms with Gasteiger partial charge in [-0.25, -0.2) is 4.79 Å². The van der Waals surface area contributed by atoms with E-state index < -0.39 is 23.5 Å². The Kier molecular flexibility index (Phi) is 6.64. The molecule has 1 unspecified atom stereocenters. The van der Waals surface area contributed by atoms with Crippen molar-refractivity contribution in [2.75, 3.05) is 19.7 Å². The molecule has 2 N–H and O–H groups in total. The van der Waals surface area contributed by atoms with Gasteiger partial charge in [-0.1, -0.05) is 62.4 Å². The molecule has 7 nitrogen and oxygen atoms in total. The van der Waals surface area contributed by atoms with Gasteiger partial charge in [-0.15, -0.1) is 0 Å². The Labute approximate surface area is 200 Å². The summed E-state index contributed by atoms with van der Waals surface area (Å²) in [6.45, 7) is 6.34. The number of carboxylic acid groups (broad SMARTS) is 1. The van der Waals surface area contributed by atoms with E-state index in [0.29, 0.717) is 13.0 Å². The van der Waals surface area contributed by atoms with Gasteiger partial charge in [-0.3, -0.25) is 9.59 Å². The number of alkyl carbamates (subject to hydrolysis) is 1. The number of likely N-dealkylation sites (tertiary alicyclic amines) is 1. The summed E-state index contributed by atoms with van der Waals surface area (Å²) in [6.07, 6.45) is -0.0246. The van der Waals surface area contributed by atoms with E-state index >= 15 is 0 Å². The largest absolute Gasteiger partial charge is 0.481 e. The van der Waals surface area contributed by atoms with E-state index in [-0.39, 0.29) is 37.3 Å². The van der Waals surface area contributed by atoms with E-state index in [2.05, 4.69) is 29.6 Å². The fourth-order valence-corrected chi connectivity index (χ4v) is 5.22. The van der Waals surface area contributed by atoms with Gasteiger partial charge in [-0.2, -0.15) is 0 Å². The van der Waals surface area contributed by atoms with E-state index in [9.17, 15) is 19.5 Å². The molecule has 0 aromatic heterocycles. The number of benzene rings is 2. The van der Waals surface area contributed by atoms with E-state index in [1.54, 1.807) is 11.8 Å². The second kappa shape index (κ2) is 9.49. The van der Waals surface area contributed by atoms with Crippen LogP contribution in [0.3, 0.4) is 0 Å². The van der Waals surface area contributed by atoms with Crippen molar-refractivity contribution < 1.29 is 24.2 Å². The zero-order valence-electron chi connectivity index (χ0n) is 19.9. The number of hydrogen-bond donors (Lipinski definition) is 2. The lowest BCUT2D eigenvalue weighted by atomic mass is 9.76. The smallest absolute Gasteiger partial charge is 0.407 e. The fourth-order valence-electron chi connectivity index (χ4n) is 5.22. The minimum atomic E-state index is -0.904. The molecule has 0 spiro atoms. The van der Waals surface area contributed by atoms with Crippen molar-refractivity contribution in [1.29, 1.82) is 0 Å². The van der Waals surface area contributed by atoms with E-state index in [1.807, 2.05) is 38.1 Å². The van der Waals surface area contributed by atoms with Crippen LogP contribution in [-0.2, 0) is 14.3 Å². The molecule has 1 saturated heterocycles. The zero-order chi connectivity index (χ0) is 24.5. The molecule has 1 aliphatic carbocycles. The van der Waals surface area contributed by atoms with Gasteiger partial charge in [-0.05, 0) is 41.5 Å². The van der Waals surface area contributed by atoms with Crippen LogP contribution >= 0.6 is 0 Å². The molecule has 2 aromatic rings. The average Bonchev–Trinajstić information content (AvgIpc) is 3.39. The summed E-state index contributed by atoms with van der Waals surface area (Å²) in [5.74, 6) is -1.11. The molecule has 2 aromatic carbocycles. The minimum absolute atomic E-state index is 0.0279. The second-order valence-electron chi connectivity index (χ2n) is 9.76. The summed E-state index contributed by atoms with van der Waals surface area (Å²) in [4.78, 5) is 38.7. The van der Waals surface area contributed by atoms with Crippen molar-refractivity contribution in [3.05, 3.63) is 59.7 Å². The summed E-state index contributed by atoms with van der Waals surface area (Å²) in [5, 5.41) is 12.4. The molecule has 1 fully saturated rings.